The Hall–Kier alpha value is -1.46. The fourth-order valence-electron chi connectivity index (χ4n) is 3.62. The molecule has 2 atom stereocenters. The molecule has 30 heavy (non-hydrogen) atoms. The van der Waals surface area contributed by atoms with Gasteiger partial charge >= 0.3 is 0 Å². The molecule has 2 N–H and O–H groups in total. The highest BCUT2D eigenvalue weighted by atomic mass is 127. The maximum Gasteiger partial charge on any atom is 0.203 e. The summed E-state index contributed by atoms with van der Waals surface area (Å²) in [6, 6.07) is 3.87. The van der Waals surface area contributed by atoms with Crippen LogP contribution in [0.25, 0.3) is 0 Å². The van der Waals surface area contributed by atoms with Gasteiger partial charge in [-0.25, -0.2) is 0 Å². The normalized spacial score (nSPS) is 19.6. The highest BCUT2D eigenvalue weighted by Crippen LogP contribution is 2.38. The van der Waals surface area contributed by atoms with Crippen LogP contribution >= 0.6 is 24.0 Å². The summed E-state index contributed by atoms with van der Waals surface area (Å²) in [5.74, 6) is 2.64. The van der Waals surface area contributed by atoms with Crippen LogP contribution < -0.4 is 24.8 Å². The molecule has 172 valence electrons. The van der Waals surface area contributed by atoms with E-state index < -0.39 is 0 Å². The molecular formula is C21H37IN4O4. The first-order valence-electron chi connectivity index (χ1n) is 10.1. The standard InChI is InChI=1S/C21H36N4O4.HI/c1-15-13-25(14-16(2)29-15)9-7-8-23-21(22-3)24-12-17-10-18(26-4)20(28-6)19(11-17)27-5;/h10-11,15-16H,7-9,12-14H2,1-6H3,(H2,22,23,24);1H. The molecule has 1 heterocycles. The number of morpholine rings is 1. The summed E-state index contributed by atoms with van der Waals surface area (Å²) >= 11 is 0. The molecule has 1 aliphatic rings. The van der Waals surface area contributed by atoms with E-state index in [2.05, 4.69) is 34.4 Å². The van der Waals surface area contributed by atoms with Crippen LogP contribution in [0.2, 0.25) is 0 Å². The zero-order valence-corrected chi connectivity index (χ0v) is 21.3. The average molecular weight is 536 g/mol. The average Bonchev–Trinajstić information content (AvgIpc) is 2.71. The van der Waals surface area contributed by atoms with Gasteiger partial charge in [0, 0.05) is 39.8 Å². The van der Waals surface area contributed by atoms with E-state index in [1.165, 1.54) is 0 Å². The Labute approximate surface area is 197 Å². The molecule has 0 bridgehead atoms. The molecule has 0 aromatic heterocycles. The predicted molar refractivity (Wildman–Crippen MR) is 131 cm³/mol. The largest absolute Gasteiger partial charge is 0.493 e. The zero-order chi connectivity index (χ0) is 21.2. The number of aliphatic imine (C=N–C) groups is 1. The fraction of sp³-hybridized carbons (Fsp3) is 0.667. The maximum atomic E-state index is 5.79. The summed E-state index contributed by atoms with van der Waals surface area (Å²) in [5, 5.41) is 6.71. The molecule has 8 nitrogen and oxygen atoms in total. The Morgan fingerprint density at radius 2 is 1.67 bits per heavy atom. The van der Waals surface area contributed by atoms with Crippen LogP contribution in [0.15, 0.2) is 17.1 Å². The van der Waals surface area contributed by atoms with Gasteiger partial charge in [0.15, 0.2) is 17.5 Å². The van der Waals surface area contributed by atoms with Crippen LogP contribution in [0.4, 0.5) is 0 Å². The molecule has 0 amide bonds. The molecule has 0 spiro atoms. The second-order valence-electron chi connectivity index (χ2n) is 7.26. The SMILES string of the molecule is CN=C(NCCCN1CC(C)OC(C)C1)NCc1cc(OC)c(OC)c(OC)c1.I. The van der Waals surface area contributed by atoms with E-state index in [4.69, 9.17) is 18.9 Å². The first kappa shape index (κ1) is 26.6. The molecule has 0 saturated carbocycles. The molecule has 2 rings (SSSR count). The van der Waals surface area contributed by atoms with Crippen molar-refractivity contribution in [2.24, 2.45) is 4.99 Å². The Kier molecular flexibility index (Phi) is 12.2. The smallest absolute Gasteiger partial charge is 0.203 e. The van der Waals surface area contributed by atoms with Crippen molar-refractivity contribution in [1.29, 1.82) is 0 Å². The van der Waals surface area contributed by atoms with E-state index in [-0.39, 0.29) is 24.0 Å². The lowest BCUT2D eigenvalue weighted by Gasteiger charge is -2.35. The van der Waals surface area contributed by atoms with E-state index in [9.17, 15) is 0 Å². The number of ether oxygens (including phenoxy) is 4. The minimum Gasteiger partial charge on any atom is -0.493 e. The van der Waals surface area contributed by atoms with Crippen molar-refractivity contribution in [3.8, 4) is 17.2 Å². The van der Waals surface area contributed by atoms with E-state index in [0.29, 0.717) is 36.0 Å². The maximum absolute atomic E-state index is 5.79. The monoisotopic (exact) mass is 536 g/mol. The third-order valence-electron chi connectivity index (χ3n) is 4.85. The molecule has 1 aromatic carbocycles. The van der Waals surface area contributed by atoms with Gasteiger partial charge < -0.3 is 29.6 Å². The first-order chi connectivity index (χ1) is 14.0. The van der Waals surface area contributed by atoms with Crippen molar-refractivity contribution in [2.45, 2.75) is 39.0 Å². The molecule has 2 unspecified atom stereocenters. The summed E-state index contributed by atoms with van der Waals surface area (Å²) in [6.45, 7) is 8.77. The third kappa shape index (κ3) is 7.99. The molecule has 1 saturated heterocycles. The Balaban J connectivity index is 0.00000450. The minimum absolute atomic E-state index is 0. The van der Waals surface area contributed by atoms with Crippen LogP contribution in [0, 0.1) is 0 Å². The van der Waals surface area contributed by atoms with Crippen LogP contribution in [-0.2, 0) is 11.3 Å². The van der Waals surface area contributed by atoms with Crippen molar-refractivity contribution in [3.05, 3.63) is 17.7 Å². The Morgan fingerprint density at radius 3 is 2.17 bits per heavy atom. The number of nitrogens with zero attached hydrogens (tertiary/aromatic N) is 2. The third-order valence-corrected chi connectivity index (χ3v) is 4.85. The zero-order valence-electron chi connectivity index (χ0n) is 19.0. The number of hydrogen-bond donors (Lipinski definition) is 2. The van der Waals surface area contributed by atoms with Gasteiger partial charge in [0.25, 0.3) is 0 Å². The lowest BCUT2D eigenvalue weighted by Crippen LogP contribution is -2.46. The summed E-state index contributed by atoms with van der Waals surface area (Å²) in [7, 11) is 6.61. The summed E-state index contributed by atoms with van der Waals surface area (Å²) in [4.78, 5) is 6.77. The number of nitrogens with one attached hydrogen (secondary N) is 2. The van der Waals surface area contributed by atoms with E-state index >= 15 is 0 Å². The number of benzene rings is 1. The topological polar surface area (TPSA) is 76.6 Å². The van der Waals surface area contributed by atoms with Crippen molar-refractivity contribution in [1.82, 2.24) is 15.5 Å². The van der Waals surface area contributed by atoms with Crippen LogP contribution in [0.5, 0.6) is 17.2 Å². The highest BCUT2D eigenvalue weighted by molar-refractivity contribution is 14.0. The number of guanidine groups is 1. The molecule has 1 fully saturated rings. The second-order valence-corrected chi connectivity index (χ2v) is 7.26. The molecule has 1 aliphatic heterocycles. The fourth-order valence-corrected chi connectivity index (χ4v) is 3.62. The van der Waals surface area contributed by atoms with Gasteiger partial charge in [-0.05, 0) is 38.0 Å². The second kappa shape index (κ2) is 13.8. The molecule has 0 radical (unpaired) electrons. The van der Waals surface area contributed by atoms with E-state index in [1.807, 2.05) is 12.1 Å². The number of halogens is 1. The lowest BCUT2D eigenvalue weighted by atomic mass is 10.2. The van der Waals surface area contributed by atoms with E-state index in [0.717, 1.165) is 44.1 Å². The van der Waals surface area contributed by atoms with Crippen molar-refractivity contribution in [2.75, 3.05) is 54.6 Å². The van der Waals surface area contributed by atoms with Gasteiger partial charge in [-0.3, -0.25) is 9.89 Å². The number of hydrogen-bond acceptors (Lipinski definition) is 6. The quantitative estimate of drug-likeness (QED) is 0.218. The van der Waals surface area contributed by atoms with Crippen molar-refractivity contribution < 1.29 is 18.9 Å². The molecule has 9 heteroatoms. The number of methoxy groups -OCH3 is 3. The van der Waals surface area contributed by atoms with E-state index in [1.54, 1.807) is 28.4 Å². The van der Waals surface area contributed by atoms with Gasteiger partial charge in [-0.15, -0.1) is 24.0 Å². The lowest BCUT2D eigenvalue weighted by molar-refractivity contribution is -0.0679. The van der Waals surface area contributed by atoms with Crippen LogP contribution in [0.3, 0.4) is 0 Å². The van der Waals surface area contributed by atoms with Crippen LogP contribution in [0.1, 0.15) is 25.8 Å². The van der Waals surface area contributed by atoms with Crippen LogP contribution in [-0.4, -0.2) is 77.6 Å². The van der Waals surface area contributed by atoms with Crippen molar-refractivity contribution in [3.63, 3.8) is 0 Å². The summed E-state index contributed by atoms with van der Waals surface area (Å²) in [5.41, 5.74) is 1.01. The summed E-state index contributed by atoms with van der Waals surface area (Å²) in [6.07, 6.45) is 1.66. The summed E-state index contributed by atoms with van der Waals surface area (Å²) < 4.78 is 22.0. The van der Waals surface area contributed by atoms with Gasteiger partial charge in [-0.1, -0.05) is 0 Å². The van der Waals surface area contributed by atoms with Gasteiger partial charge in [0.05, 0.1) is 33.5 Å². The first-order valence-corrected chi connectivity index (χ1v) is 10.1. The number of rotatable bonds is 9. The predicted octanol–water partition coefficient (Wildman–Crippen LogP) is 2.49. The van der Waals surface area contributed by atoms with Gasteiger partial charge in [0.1, 0.15) is 0 Å². The van der Waals surface area contributed by atoms with Crippen molar-refractivity contribution >= 4 is 29.9 Å². The Bertz CT molecular complexity index is 639. The van der Waals surface area contributed by atoms with Gasteiger partial charge in [0.2, 0.25) is 5.75 Å². The highest BCUT2D eigenvalue weighted by Gasteiger charge is 2.21. The van der Waals surface area contributed by atoms with Gasteiger partial charge in [-0.2, -0.15) is 0 Å². The molecule has 1 aromatic rings. The Morgan fingerprint density at radius 1 is 1.07 bits per heavy atom. The minimum atomic E-state index is 0. The molecular weight excluding hydrogens is 499 g/mol. The molecule has 0 aliphatic carbocycles.